The Morgan fingerprint density at radius 1 is 1.14 bits per heavy atom. The van der Waals surface area contributed by atoms with E-state index in [1.807, 2.05) is 44.0 Å². The van der Waals surface area contributed by atoms with E-state index in [2.05, 4.69) is 15.0 Å². The smallest absolute Gasteiger partial charge is 0.254 e. The van der Waals surface area contributed by atoms with Gasteiger partial charge in [-0.05, 0) is 31.5 Å². The summed E-state index contributed by atoms with van der Waals surface area (Å²) in [6, 6.07) is 7.57. The van der Waals surface area contributed by atoms with Gasteiger partial charge in [0.15, 0.2) is 5.65 Å². The Bertz CT molecular complexity index is 1090. The summed E-state index contributed by atoms with van der Waals surface area (Å²) in [4.78, 5) is 22.1. The molecule has 1 aliphatic heterocycles. The summed E-state index contributed by atoms with van der Waals surface area (Å²) in [6.07, 6.45) is 0. The first-order valence-electron chi connectivity index (χ1n) is 9.60. The van der Waals surface area contributed by atoms with Crippen LogP contribution in [0.25, 0.3) is 11.0 Å². The van der Waals surface area contributed by atoms with Gasteiger partial charge in [-0.25, -0.2) is 4.98 Å². The predicted molar refractivity (Wildman–Crippen MR) is 116 cm³/mol. The molecular weight excluding hydrogens is 409 g/mol. The quantitative estimate of drug-likeness (QED) is 0.631. The van der Waals surface area contributed by atoms with E-state index in [9.17, 15) is 4.79 Å². The lowest BCUT2D eigenvalue weighted by atomic mass is 10.1. The maximum Gasteiger partial charge on any atom is 0.254 e. The Morgan fingerprint density at radius 3 is 2.59 bits per heavy atom. The molecule has 1 aliphatic rings. The van der Waals surface area contributed by atoms with Gasteiger partial charge in [-0.15, -0.1) is 0 Å². The number of amides is 1. The number of aromatic nitrogens is 3. The number of halogens is 2. The minimum Gasteiger partial charge on any atom is -0.336 e. The monoisotopic (exact) mass is 431 g/mol. The molecule has 1 aromatic carbocycles. The van der Waals surface area contributed by atoms with Crippen molar-refractivity contribution in [3.05, 3.63) is 56.8 Å². The Hall–Kier alpha value is -2.15. The lowest BCUT2D eigenvalue weighted by Gasteiger charge is -2.35. The summed E-state index contributed by atoms with van der Waals surface area (Å²) in [7, 11) is 1.86. The number of hydrogen-bond donors (Lipinski definition) is 0. The Balaban J connectivity index is 1.50. The number of carbonyl (C=O) groups excluding carboxylic acids is 1. The van der Waals surface area contributed by atoms with E-state index in [0.29, 0.717) is 28.7 Å². The maximum atomic E-state index is 13.3. The highest BCUT2D eigenvalue weighted by atomic mass is 35.5. The number of benzene rings is 1. The van der Waals surface area contributed by atoms with E-state index in [-0.39, 0.29) is 5.91 Å². The van der Waals surface area contributed by atoms with Gasteiger partial charge in [-0.3, -0.25) is 14.4 Å². The Kier molecular flexibility index (Phi) is 5.51. The van der Waals surface area contributed by atoms with Gasteiger partial charge in [0.25, 0.3) is 5.91 Å². The second-order valence-electron chi connectivity index (χ2n) is 7.50. The van der Waals surface area contributed by atoms with Gasteiger partial charge in [0.1, 0.15) is 0 Å². The third kappa shape index (κ3) is 3.84. The molecule has 6 nitrogen and oxygen atoms in total. The van der Waals surface area contributed by atoms with Crippen molar-refractivity contribution in [3.8, 4) is 0 Å². The summed E-state index contributed by atoms with van der Waals surface area (Å²) < 4.78 is 1.74. The number of aryl methyl sites for hydroxylation is 3. The van der Waals surface area contributed by atoms with Gasteiger partial charge < -0.3 is 4.90 Å². The average Bonchev–Trinajstić information content (AvgIpc) is 2.98. The SMILES string of the molecule is Cc1cc(C(=O)N2CCN(Cc3cccc(Cl)c3Cl)CC2)c2c(C)nn(C)c2n1. The van der Waals surface area contributed by atoms with Crippen LogP contribution in [0.15, 0.2) is 24.3 Å². The summed E-state index contributed by atoms with van der Waals surface area (Å²) in [6.45, 7) is 7.45. The summed E-state index contributed by atoms with van der Waals surface area (Å²) in [5.74, 6) is 0.0389. The molecular formula is C21H23Cl2N5O. The van der Waals surface area contributed by atoms with Crippen LogP contribution < -0.4 is 0 Å². The van der Waals surface area contributed by atoms with Gasteiger partial charge in [0.2, 0.25) is 0 Å². The molecule has 2 aromatic heterocycles. The molecule has 3 heterocycles. The number of hydrogen-bond acceptors (Lipinski definition) is 4. The van der Waals surface area contributed by atoms with Crippen LogP contribution in [-0.2, 0) is 13.6 Å². The molecule has 0 N–H and O–H groups in total. The minimum atomic E-state index is 0.0389. The number of piperazine rings is 1. The highest BCUT2D eigenvalue weighted by Crippen LogP contribution is 2.27. The number of carbonyl (C=O) groups is 1. The molecule has 8 heteroatoms. The largest absolute Gasteiger partial charge is 0.336 e. The summed E-state index contributed by atoms with van der Waals surface area (Å²) >= 11 is 12.4. The van der Waals surface area contributed by atoms with Crippen molar-refractivity contribution >= 4 is 40.1 Å². The molecule has 1 amide bonds. The lowest BCUT2D eigenvalue weighted by molar-refractivity contribution is 0.0630. The van der Waals surface area contributed by atoms with Crippen LogP contribution in [0.5, 0.6) is 0 Å². The van der Waals surface area contributed by atoms with Gasteiger partial charge in [-0.2, -0.15) is 5.10 Å². The van der Waals surface area contributed by atoms with Crippen LogP contribution in [0.4, 0.5) is 0 Å². The topological polar surface area (TPSA) is 54.3 Å². The van der Waals surface area contributed by atoms with Gasteiger partial charge in [0.05, 0.1) is 26.7 Å². The van der Waals surface area contributed by atoms with Crippen molar-refractivity contribution in [2.45, 2.75) is 20.4 Å². The van der Waals surface area contributed by atoms with Crippen molar-refractivity contribution in [3.63, 3.8) is 0 Å². The van der Waals surface area contributed by atoms with Crippen molar-refractivity contribution in [2.75, 3.05) is 26.2 Å². The van der Waals surface area contributed by atoms with Crippen LogP contribution >= 0.6 is 23.2 Å². The van der Waals surface area contributed by atoms with Crippen molar-refractivity contribution < 1.29 is 4.79 Å². The van der Waals surface area contributed by atoms with E-state index in [0.717, 1.165) is 47.6 Å². The molecule has 0 radical (unpaired) electrons. The number of fused-ring (bicyclic) bond motifs is 1. The normalized spacial score (nSPS) is 15.3. The van der Waals surface area contributed by atoms with E-state index < -0.39 is 0 Å². The first-order valence-corrected chi connectivity index (χ1v) is 10.4. The molecule has 29 heavy (non-hydrogen) atoms. The molecule has 0 bridgehead atoms. The summed E-state index contributed by atoms with van der Waals surface area (Å²) in [5, 5.41) is 6.47. The number of rotatable bonds is 3. The molecule has 1 saturated heterocycles. The van der Waals surface area contributed by atoms with Crippen LogP contribution in [0, 0.1) is 13.8 Å². The Morgan fingerprint density at radius 2 is 1.86 bits per heavy atom. The second kappa shape index (κ2) is 7.94. The van der Waals surface area contributed by atoms with Crippen LogP contribution in [-0.4, -0.2) is 56.7 Å². The predicted octanol–water partition coefficient (Wildman–Crippen LogP) is 3.85. The third-order valence-electron chi connectivity index (χ3n) is 5.41. The lowest BCUT2D eigenvalue weighted by Crippen LogP contribution is -2.48. The fraction of sp³-hybridized carbons (Fsp3) is 0.381. The molecule has 4 rings (SSSR count). The van der Waals surface area contributed by atoms with E-state index in [1.54, 1.807) is 10.7 Å². The van der Waals surface area contributed by atoms with Gasteiger partial charge in [0, 0.05) is 45.5 Å². The van der Waals surface area contributed by atoms with Gasteiger partial charge in [-0.1, -0.05) is 35.3 Å². The highest BCUT2D eigenvalue weighted by Gasteiger charge is 2.26. The minimum absolute atomic E-state index is 0.0389. The zero-order valence-electron chi connectivity index (χ0n) is 16.7. The van der Waals surface area contributed by atoms with Crippen LogP contribution in [0.3, 0.4) is 0 Å². The van der Waals surface area contributed by atoms with Crippen LogP contribution in [0.2, 0.25) is 10.0 Å². The fourth-order valence-electron chi connectivity index (χ4n) is 3.93. The maximum absolute atomic E-state index is 13.3. The number of nitrogens with zero attached hydrogens (tertiary/aromatic N) is 5. The zero-order valence-corrected chi connectivity index (χ0v) is 18.3. The average molecular weight is 432 g/mol. The van der Waals surface area contributed by atoms with E-state index >= 15 is 0 Å². The fourth-order valence-corrected chi connectivity index (χ4v) is 4.31. The second-order valence-corrected chi connectivity index (χ2v) is 8.29. The molecule has 0 saturated carbocycles. The molecule has 0 unspecified atom stereocenters. The molecule has 3 aromatic rings. The zero-order chi connectivity index (χ0) is 20.7. The molecule has 0 atom stereocenters. The Labute approximate surface area is 180 Å². The van der Waals surface area contributed by atoms with E-state index in [4.69, 9.17) is 23.2 Å². The van der Waals surface area contributed by atoms with Crippen LogP contribution in [0.1, 0.15) is 27.3 Å². The van der Waals surface area contributed by atoms with Crippen molar-refractivity contribution in [1.82, 2.24) is 24.6 Å². The first-order chi connectivity index (χ1) is 13.8. The van der Waals surface area contributed by atoms with Crippen molar-refractivity contribution in [1.29, 1.82) is 0 Å². The summed E-state index contributed by atoms with van der Waals surface area (Å²) in [5.41, 5.74) is 4.09. The molecule has 152 valence electrons. The van der Waals surface area contributed by atoms with Gasteiger partial charge >= 0.3 is 0 Å². The molecule has 1 fully saturated rings. The highest BCUT2D eigenvalue weighted by molar-refractivity contribution is 6.42. The molecule has 0 spiro atoms. The first kappa shape index (κ1) is 20.1. The molecule has 0 aliphatic carbocycles. The third-order valence-corrected chi connectivity index (χ3v) is 6.27. The van der Waals surface area contributed by atoms with E-state index in [1.165, 1.54) is 0 Å². The standard InChI is InChI=1S/C21H23Cl2N5O/c1-13-11-16(18-14(2)25-26(3)20(18)24-13)21(29)28-9-7-27(8-10-28)12-15-5-4-6-17(22)19(15)23/h4-6,11H,7-10,12H2,1-3H3. The van der Waals surface area contributed by atoms with Crippen molar-refractivity contribution in [2.24, 2.45) is 7.05 Å². The number of pyridine rings is 1.